The van der Waals surface area contributed by atoms with Gasteiger partial charge in [0.1, 0.15) is 5.82 Å². The molecule has 1 aromatic carbocycles. The van der Waals surface area contributed by atoms with E-state index in [1.165, 1.54) is 22.5 Å². The van der Waals surface area contributed by atoms with Gasteiger partial charge in [-0.2, -0.15) is 12.7 Å². The summed E-state index contributed by atoms with van der Waals surface area (Å²) in [4.78, 5) is 0. The zero-order chi connectivity index (χ0) is 13.2. The molecule has 100 valence electrons. The van der Waals surface area contributed by atoms with Gasteiger partial charge < -0.3 is 5.32 Å². The third-order valence-corrected chi connectivity index (χ3v) is 4.73. The van der Waals surface area contributed by atoms with Crippen molar-refractivity contribution in [1.82, 2.24) is 9.62 Å². The Morgan fingerprint density at radius 2 is 2.00 bits per heavy atom. The van der Waals surface area contributed by atoms with Crippen molar-refractivity contribution in [2.24, 2.45) is 0 Å². The Hall–Kier alpha value is -0.700. The number of halogens is 2. The molecule has 1 saturated heterocycles. The fourth-order valence-corrected chi connectivity index (χ4v) is 3.25. The summed E-state index contributed by atoms with van der Waals surface area (Å²) in [6.45, 7) is 2.12. The second kappa shape index (κ2) is 5.52. The highest BCUT2D eigenvalue weighted by Gasteiger charge is 2.23. The molecule has 0 saturated carbocycles. The summed E-state index contributed by atoms with van der Waals surface area (Å²) in [5.41, 5.74) is 0.335. The van der Waals surface area contributed by atoms with Crippen molar-refractivity contribution in [3.8, 4) is 0 Å². The Balaban J connectivity index is 2.13. The molecule has 0 atom stereocenters. The van der Waals surface area contributed by atoms with Gasteiger partial charge in [-0.25, -0.2) is 4.39 Å². The van der Waals surface area contributed by atoms with Crippen molar-refractivity contribution < 1.29 is 12.8 Å². The lowest BCUT2D eigenvalue weighted by Crippen LogP contribution is -2.48. The van der Waals surface area contributed by atoms with Gasteiger partial charge in [0.15, 0.2) is 0 Å². The van der Waals surface area contributed by atoms with Crippen molar-refractivity contribution >= 4 is 31.8 Å². The zero-order valence-electron chi connectivity index (χ0n) is 9.49. The Labute approximate surface area is 114 Å². The largest absolute Gasteiger partial charge is 0.314 e. The number of hydrogen-bond donors (Lipinski definition) is 2. The van der Waals surface area contributed by atoms with Crippen LogP contribution in [0.2, 0.25) is 0 Å². The third kappa shape index (κ3) is 3.19. The minimum atomic E-state index is -3.57. The second-order valence-electron chi connectivity index (χ2n) is 3.89. The molecule has 1 aliphatic heterocycles. The molecular formula is C10H13BrFN3O2S. The first-order chi connectivity index (χ1) is 8.49. The fourth-order valence-electron chi connectivity index (χ4n) is 1.66. The minimum absolute atomic E-state index is 0.225. The zero-order valence-corrected chi connectivity index (χ0v) is 11.9. The van der Waals surface area contributed by atoms with E-state index in [4.69, 9.17) is 0 Å². The molecule has 5 nitrogen and oxygen atoms in total. The smallest absolute Gasteiger partial charge is 0.301 e. The van der Waals surface area contributed by atoms with E-state index in [0.29, 0.717) is 31.9 Å². The summed E-state index contributed by atoms with van der Waals surface area (Å²) >= 11 is 3.02. The Kier molecular flexibility index (Phi) is 4.21. The number of nitrogens with one attached hydrogen (secondary N) is 2. The van der Waals surface area contributed by atoms with Gasteiger partial charge >= 0.3 is 10.2 Å². The number of benzene rings is 1. The number of rotatable bonds is 3. The van der Waals surface area contributed by atoms with Crippen LogP contribution in [0, 0.1) is 5.82 Å². The van der Waals surface area contributed by atoms with E-state index in [9.17, 15) is 12.8 Å². The maximum absolute atomic E-state index is 13.0. The third-order valence-electron chi connectivity index (χ3n) is 2.58. The van der Waals surface area contributed by atoms with Crippen molar-refractivity contribution in [1.29, 1.82) is 0 Å². The van der Waals surface area contributed by atoms with E-state index in [-0.39, 0.29) is 4.47 Å². The average Bonchev–Trinajstić information content (AvgIpc) is 2.35. The molecule has 0 aromatic heterocycles. The Morgan fingerprint density at radius 3 is 2.61 bits per heavy atom. The maximum atomic E-state index is 13.0. The fraction of sp³-hybridized carbons (Fsp3) is 0.400. The Bertz CT molecular complexity index is 532. The van der Waals surface area contributed by atoms with Gasteiger partial charge in [0, 0.05) is 26.2 Å². The van der Waals surface area contributed by atoms with Gasteiger partial charge in [-0.3, -0.25) is 4.72 Å². The van der Waals surface area contributed by atoms with E-state index >= 15 is 0 Å². The van der Waals surface area contributed by atoms with Gasteiger partial charge in [0.2, 0.25) is 0 Å². The molecule has 1 fully saturated rings. The first kappa shape index (κ1) is 13.7. The predicted molar refractivity (Wildman–Crippen MR) is 71.1 cm³/mol. The van der Waals surface area contributed by atoms with E-state index in [0.717, 1.165) is 0 Å². The molecule has 0 bridgehead atoms. The highest BCUT2D eigenvalue weighted by atomic mass is 79.9. The quantitative estimate of drug-likeness (QED) is 0.869. The van der Waals surface area contributed by atoms with Crippen LogP contribution < -0.4 is 10.0 Å². The average molecular weight is 338 g/mol. The molecule has 0 unspecified atom stereocenters. The number of anilines is 1. The minimum Gasteiger partial charge on any atom is -0.314 e. The van der Waals surface area contributed by atoms with Gasteiger partial charge in [-0.1, -0.05) is 0 Å². The monoisotopic (exact) mass is 337 g/mol. The molecule has 0 aliphatic carbocycles. The van der Waals surface area contributed by atoms with Crippen LogP contribution in [-0.4, -0.2) is 38.9 Å². The molecule has 0 spiro atoms. The Morgan fingerprint density at radius 1 is 1.33 bits per heavy atom. The van der Waals surface area contributed by atoms with Gasteiger partial charge in [-0.15, -0.1) is 0 Å². The lowest BCUT2D eigenvalue weighted by Gasteiger charge is -2.26. The topological polar surface area (TPSA) is 61.4 Å². The molecule has 1 heterocycles. The second-order valence-corrected chi connectivity index (χ2v) is 6.41. The normalized spacial score (nSPS) is 17.7. The lowest BCUT2D eigenvalue weighted by atomic mass is 10.3. The van der Waals surface area contributed by atoms with Crippen molar-refractivity contribution in [2.45, 2.75) is 0 Å². The van der Waals surface area contributed by atoms with Crippen LogP contribution in [0.25, 0.3) is 0 Å². The highest BCUT2D eigenvalue weighted by Crippen LogP contribution is 2.21. The molecule has 0 amide bonds. The van der Waals surface area contributed by atoms with Crippen LogP contribution in [0.1, 0.15) is 0 Å². The van der Waals surface area contributed by atoms with Gasteiger partial charge in [0.25, 0.3) is 0 Å². The summed E-state index contributed by atoms with van der Waals surface area (Å²) in [5, 5.41) is 3.08. The van der Waals surface area contributed by atoms with Crippen LogP contribution in [0.4, 0.5) is 10.1 Å². The van der Waals surface area contributed by atoms with E-state index in [1.807, 2.05) is 0 Å². The van der Waals surface area contributed by atoms with E-state index in [1.54, 1.807) is 0 Å². The van der Waals surface area contributed by atoms with Crippen LogP contribution in [0.15, 0.2) is 22.7 Å². The van der Waals surface area contributed by atoms with Crippen molar-refractivity contribution in [3.63, 3.8) is 0 Å². The first-order valence-corrected chi connectivity index (χ1v) is 7.66. The SMILES string of the molecule is O=S(=O)(Nc1ccc(F)c(Br)c1)N1CCNCC1. The van der Waals surface area contributed by atoms with Crippen LogP contribution in [0.3, 0.4) is 0 Å². The van der Waals surface area contributed by atoms with Crippen LogP contribution >= 0.6 is 15.9 Å². The highest BCUT2D eigenvalue weighted by molar-refractivity contribution is 9.10. The van der Waals surface area contributed by atoms with Gasteiger partial charge in [-0.05, 0) is 34.1 Å². The molecule has 18 heavy (non-hydrogen) atoms. The molecule has 2 N–H and O–H groups in total. The van der Waals surface area contributed by atoms with Crippen LogP contribution in [-0.2, 0) is 10.2 Å². The molecule has 0 radical (unpaired) electrons. The molecule has 1 aliphatic rings. The van der Waals surface area contributed by atoms with Gasteiger partial charge in [0.05, 0.1) is 10.2 Å². The van der Waals surface area contributed by atoms with E-state index in [2.05, 4.69) is 26.0 Å². The van der Waals surface area contributed by atoms with Crippen molar-refractivity contribution in [2.75, 3.05) is 30.9 Å². The summed E-state index contributed by atoms with van der Waals surface area (Å²) in [6.07, 6.45) is 0. The summed E-state index contributed by atoms with van der Waals surface area (Å²) < 4.78 is 41.1. The number of piperazine rings is 1. The molecule has 2 rings (SSSR count). The maximum Gasteiger partial charge on any atom is 0.301 e. The predicted octanol–water partition coefficient (Wildman–Crippen LogP) is 1.15. The number of nitrogens with zero attached hydrogens (tertiary/aromatic N) is 1. The number of hydrogen-bond acceptors (Lipinski definition) is 3. The lowest BCUT2D eigenvalue weighted by molar-refractivity contribution is 0.362. The molecule has 8 heteroatoms. The standard InChI is InChI=1S/C10H13BrFN3O2S/c11-9-7-8(1-2-10(9)12)14-18(16,17)15-5-3-13-4-6-15/h1-2,7,13-14H,3-6H2. The first-order valence-electron chi connectivity index (χ1n) is 5.43. The molecular weight excluding hydrogens is 325 g/mol. The van der Waals surface area contributed by atoms with Crippen LogP contribution in [0.5, 0.6) is 0 Å². The van der Waals surface area contributed by atoms with E-state index < -0.39 is 16.0 Å². The summed E-state index contributed by atoms with van der Waals surface area (Å²) in [6, 6.07) is 3.99. The molecule has 1 aromatic rings. The summed E-state index contributed by atoms with van der Waals surface area (Å²) in [7, 11) is -3.57. The van der Waals surface area contributed by atoms with Crippen molar-refractivity contribution in [3.05, 3.63) is 28.5 Å². The summed E-state index contributed by atoms with van der Waals surface area (Å²) in [5.74, 6) is -0.430.